The fraction of sp³-hybridized carbons (Fsp3) is 0.875. The normalized spacial score (nSPS) is 32.9. The minimum atomic E-state index is -0.499. The number of nitrogens with zero attached hydrogens (tertiary/aromatic N) is 2. The van der Waals surface area contributed by atoms with Gasteiger partial charge in [0, 0.05) is 6.61 Å². The van der Waals surface area contributed by atoms with E-state index in [9.17, 15) is 0 Å². The summed E-state index contributed by atoms with van der Waals surface area (Å²) in [6, 6.07) is 0. The van der Waals surface area contributed by atoms with Gasteiger partial charge in [0.15, 0.2) is 0 Å². The Kier molecular flexibility index (Phi) is 3.82. The first kappa shape index (κ1) is 15.0. The lowest BCUT2D eigenvalue weighted by atomic mass is 9.79. The Balaban J connectivity index is 1.85. The minimum absolute atomic E-state index is 0.372. The van der Waals surface area contributed by atoms with Crippen LogP contribution in [0.15, 0.2) is 4.52 Å². The first-order valence-electron chi connectivity index (χ1n) is 8.25. The van der Waals surface area contributed by atoms with Crippen molar-refractivity contribution in [2.24, 2.45) is 17.6 Å². The quantitative estimate of drug-likeness (QED) is 0.903. The zero-order valence-electron chi connectivity index (χ0n) is 13.4. The van der Waals surface area contributed by atoms with Gasteiger partial charge in [-0.2, -0.15) is 4.98 Å². The molecule has 2 fully saturated rings. The van der Waals surface area contributed by atoms with E-state index in [4.69, 9.17) is 15.0 Å². The standard InChI is InChI=1S/C16H27N3O2/c1-4-20-16(9-7-11(2)8-10-16)13-18-14(21-19-13)15(3,17)12-5-6-12/h11-12H,4-10,17H2,1-3H3. The molecular formula is C16H27N3O2. The third kappa shape index (κ3) is 2.73. The molecule has 0 radical (unpaired) electrons. The maximum absolute atomic E-state index is 6.39. The zero-order chi connectivity index (χ0) is 15.1. The molecule has 1 heterocycles. The number of ether oxygens (including phenoxy) is 1. The third-order valence-corrected chi connectivity index (χ3v) is 5.22. The number of aromatic nitrogens is 2. The van der Waals surface area contributed by atoms with Gasteiger partial charge in [0.25, 0.3) is 0 Å². The van der Waals surface area contributed by atoms with Crippen LogP contribution in [-0.2, 0) is 15.9 Å². The second-order valence-electron chi connectivity index (χ2n) is 7.09. The Morgan fingerprint density at radius 2 is 2.00 bits per heavy atom. The molecule has 5 heteroatoms. The third-order valence-electron chi connectivity index (χ3n) is 5.22. The second-order valence-corrected chi connectivity index (χ2v) is 7.09. The largest absolute Gasteiger partial charge is 0.367 e. The van der Waals surface area contributed by atoms with Crippen molar-refractivity contribution in [3.05, 3.63) is 11.7 Å². The topological polar surface area (TPSA) is 74.2 Å². The van der Waals surface area contributed by atoms with E-state index in [1.165, 1.54) is 0 Å². The van der Waals surface area contributed by atoms with Crippen LogP contribution in [0.25, 0.3) is 0 Å². The summed E-state index contributed by atoms with van der Waals surface area (Å²) in [5.74, 6) is 2.48. The number of hydrogen-bond acceptors (Lipinski definition) is 5. The Morgan fingerprint density at radius 1 is 1.33 bits per heavy atom. The fourth-order valence-electron chi connectivity index (χ4n) is 3.42. The molecule has 2 saturated carbocycles. The van der Waals surface area contributed by atoms with Crippen LogP contribution in [0, 0.1) is 11.8 Å². The van der Waals surface area contributed by atoms with Crippen LogP contribution >= 0.6 is 0 Å². The molecule has 0 aliphatic heterocycles. The first-order chi connectivity index (χ1) is 9.98. The predicted octanol–water partition coefficient (Wildman–Crippen LogP) is 3.10. The van der Waals surface area contributed by atoms with Crippen molar-refractivity contribution in [3.63, 3.8) is 0 Å². The van der Waals surface area contributed by atoms with Gasteiger partial charge >= 0.3 is 0 Å². The molecular weight excluding hydrogens is 266 g/mol. The van der Waals surface area contributed by atoms with E-state index in [1.54, 1.807) is 0 Å². The Labute approximate surface area is 126 Å². The smallest absolute Gasteiger partial charge is 0.246 e. The molecule has 0 aromatic carbocycles. The Hall–Kier alpha value is -0.940. The van der Waals surface area contributed by atoms with Crippen molar-refractivity contribution < 1.29 is 9.26 Å². The summed E-state index contributed by atoms with van der Waals surface area (Å²) in [7, 11) is 0. The summed E-state index contributed by atoms with van der Waals surface area (Å²) in [6.45, 7) is 6.98. The summed E-state index contributed by atoms with van der Waals surface area (Å²) in [5.41, 5.74) is 5.52. The highest BCUT2D eigenvalue weighted by atomic mass is 16.5. The summed E-state index contributed by atoms with van der Waals surface area (Å²) < 4.78 is 11.6. The van der Waals surface area contributed by atoms with E-state index >= 15 is 0 Å². The van der Waals surface area contributed by atoms with Gasteiger partial charge in [0.05, 0.1) is 5.54 Å². The molecule has 0 spiro atoms. The highest BCUT2D eigenvalue weighted by molar-refractivity contribution is 5.11. The molecule has 1 atom stereocenters. The Bertz CT molecular complexity index is 485. The van der Waals surface area contributed by atoms with Crippen molar-refractivity contribution in [3.8, 4) is 0 Å². The molecule has 21 heavy (non-hydrogen) atoms. The molecule has 2 aliphatic carbocycles. The Morgan fingerprint density at radius 3 is 2.57 bits per heavy atom. The van der Waals surface area contributed by atoms with E-state index in [0.29, 0.717) is 24.2 Å². The van der Waals surface area contributed by atoms with E-state index in [0.717, 1.165) is 44.4 Å². The van der Waals surface area contributed by atoms with Gasteiger partial charge in [-0.25, -0.2) is 0 Å². The molecule has 3 rings (SSSR count). The zero-order valence-corrected chi connectivity index (χ0v) is 13.4. The van der Waals surface area contributed by atoms with Gasteiger partial charge < -0.3 is 15.0 Å². The monoisotopic (exact) mass is 293 g/mol. The molecule has 2 aliphatic rings. The van der Waals surface area contributed by atoms with Crippen molar-refractivity contribution in [2.75, 3.05) is 6.61 Å². The van der Waals surface area contributed by atoms with Crippen LogP contribution in [0.4, 0.5) is 0 Å². The molecule has 1 unspecified atom stereocenters. The highest BCUT2D eigenvalue weighted by Crippen LogP contribution is 2.45. The SMILES string of the molecule is CCOC1(c2noc(C(C)(N)C3CC3)n2)CCC(C)CC1. The second kappa shape index (κ2) is 5.36. The van der Waals surface area contributed by atoms with E-state index < -0.39 is 5.54 Å². The first-order valence-corrected chi connectivity index (χ1v) is 8.25. The van der Waals surface area contributed by atoms with Crippen LogP contribution in [-0.4, -0.2) is 16.7 Å². The number of rotatable bonds is 5. The molecule has 1 aromatic heterocycles. The molecule has 0 bridgehead atoms. The predicted molar refractivity (Wildman–Crippen MR) is 79.5 cm³/mol. The highest BCUT2D eigenvalue weighted by Gasteiger charge is 2.46. The fourth-order valence-corrected chi connectivity index (χ4v) is 3.42. The van der Waals surface area contributed by atoms with Crippen LogP contribution in [0.2, 0.25) is 0 Å². The lowest BCUT2D eigenvalue weighted by molar-refractivity contribution is -0.0847. The maximum Gasteiger partial charge on any atom is 0.246 e. The average molecular weight is 293 g/mol. The van der Waals surface area contributed by atoms with Gasteiger partial charge in [0.2, 0.25) is 11.7 Å². The summed E-state index contributed by atoms with van der Waals surface area (Å²) in [5, 5.41) is 4.24. The van der Waals surface area contributed by atoms with Gasteiger partial charge in [-0.15, -0.1) is 0 Å². The van der Waals surface area contributed by atoms with Gasteiger partial charge in [0.1, 0.15) is 5.60 Å². The average Bonchev–Trinajstić information content (AvgIpc) is 3.19. The summed E-state index contributed by atoms with van der Waals surface area (Å²) in [6.07, 6.45) is 6.52. The summed E-state index contributed by atoms with van der Waals surface area (Å²) >= 11 is 0. The maximum atomic E-state index is 6.39. The lowest BCUT2D eigenvalue weighted by Crippen LogP contribution is -2.37. The van der Waals surface area contributed by atoms with E-state index in [-0.39, 0.29) is 5.60 Å². The molecule has 118 valence electrons. The number of nitrogens with two attached hydrogens (primary N) is 1. The minimum Gasteiger partial charge on any atom is -0.367 e. The molecule has 5 nitrogen and oxygen atoms in total. The molecule has 1 aromatic rings. The van der Waals surface area contributed by atoms with Crippen molar-refractivity contribution in [1.82, 2.24) is 10.1 Å². The lowest BCUT2D eigenvalue weighted by Gasteiger charge is -2.36. The van der Waals surface area contributed by atoms with Crippen LogP contribution in [0.5, 0.6) is 0 Å². The van der Waals surface area contributed by atoms with Crippen LogP contribution in [0.3, 0.4) is 0 Å². The van der Waals surface area contributed by atoms with E-state index in [1.807, 2.05) is 13.8 Å². The van der Waals surface area contributed by atoms with Crippen LogP contribution < -0.4 is 5.73 Å². The van der Waals surface area contributed by atoms with Crippen LogP contribution in [0.1, 0.15) is 71.0 Å². The summed E-state index contributed by atoms with van der Waals surface area (Å²) in [4.78, 5) is 4.65. The van der Waals surface area contributed by atoms with Gasteiger partial charge in [-0.3, -0.25) is 0 Å². The van der Waals surface area contributed by atoms with E-state index in [2.05, 4.69) is 17.1 Å². The molecule has 0 amide bonds. The van der Waals surface area contributed by atoms with Crippen molar-refractivity contribution >= 4 is 0 Å². The molecule has 2 N–H and O–H groups in total. The number of hydrogen-bond donors (Lipinski definition) is 1. The van der Waals surface area contributed by atoms with Gasteiger partial charge in [-0.05, 0) is 64.2 Å². The van der Waals surface area contributed by atoms with Crippen molar-refractivity contribution in [1.29, 1.82) is 0 Å². The van der Waals surface area contributed by atoms with Gasteiger partial charge in [-0.1, -0.05) is 12.1 Å². The molecule has 0 saturated heterocycles. The van der Waals surface area contributed by atoms with Crippen molar-refractivity contribution in [2.45, 2.75) is 70.4 Å².